The fraction of sp³-hybridized carbons (Fsp3) is 0.500. The summed E-state index contributed by atoms with van der Waals surface area (Å²) < 4.78 is 0. The van der Waals surface area contributed by atoms with E-state index in [1.807, 2.05) is 6.92 Å². The Hall–Kier alpha value is -0.790. The van der Waals surface area contributed by atoms with Crippen LogP contribution in [-0.2, 0) is 4.79 Å². The van der Waals surface area contributed by atoms with Crippen LogP contribution in [-0.4, -0.2) is 11.1 Å². The quantitative estimate of drug-likeness (QED) is 0.551. The molecule has 0 rings (SSSR count). The molecule has 0 aliphatic carbocycles. The first-order chi connectivity index (χ1) is 3.66. The molecular formula is C6H10O2. The van der Waals surface area contributed by atoms with E-state index >= 15 is 0 Å². The maximum atomic E-state index is 9.93. The molecule has 0 fully saturated rings. The van der Waals surface area contributed by atoms with Crippen molar-refractivity contribution in [1.29, 1.82) is 0 Å². The number of rotatable bonds is 2. The van der Waals surface area contributed by atoms with E-state index in [0.717, 1.165) is 5.57 Å². The van der Waals surface area contributed by atoms with Crippen LogP contribution in [0.2, 0.25) is 0 Å². The first kappa shape index (κ1) is 7.21. The molecule has 0 bridgehead atoms. The second-order valence-electron chi connectivity index (χ2n) is 1.71. The summed E-state index contributed by atoms with van der Waals surface area (Å²) in [6, 6.07) is 0. The fourth-order valence-electron chi connectivity index (χ4n) is 0.341. The van der Waals surface area contributed by atoms with E-state index in [1.54, 1.807) is 13.0 Å². The van der Waals surface area contributed by atoms with Gasteiger partial charge in [-0.2, -0.15) is 0 Å². The van der Waals surface area contributed by atoms with Gasteiger partial charge in [-0.05, 0) is 13.8 Å². The molecule has 0 saturated heterocycles. The predicted molar refractivity (Wildman–Crippen MR) is 31.7 cm³/mol. The summed E-state index contributed by atoms with van der Waals surface area (Å²) >= 11 is 0. The number of aliphatic carboxylic acids is 1. The molecule has 0 amide bonds. The highest BCUT2D eigenvalue weighted by Gasteiger charge is 1.94. The Morgan fingerprint density at radius 2 is 2.25 bits per heavy atom. The van der Waals surface area contributed by atoms with Crippen LogP contribution in [0.4, 0.5) is 0 Å². The predicted octanol–water partition coefficient (Wildman–Crippen LogP) is 1.43. The monoisotopic (exact) mass is 114 g/mol. The Morgan fingerprint density at radius 1 is 1.75 bits per heavy atom. The summed E-state index contributed by atoms with van der Waals surface area (Å²) in [5.41, 5.74) is 0.900. The lowest BCUT2D eigenvalue weighted by molar-refractivity contribution is -0.136. The lowest BCUT2D eigenvalue weighted by Gasteiger charge is -1.89. The Bertz CT molecular complexity index is 114. The van der Waals surface area contributed by atoms with E-state index in [1.165, 1.54) is 0 Å². The van der Waals surface area contributed by atoms with Gasteiger partial charge in [-0.3, -0.25) is 4.79 Å². The van der Waals surface area contributed by atoms with Crippen molar-refractivity contribution in [1.82, 2.24) is 0 Å². The molecule has 0 aliphatic heterocycles. The van der Waals surface area contributed by atoms with E-state index in [-0.39, 0.29) is 6.42 Å². The van der Waals surface area contributed by atoms with E-state index in [4.69, 9.17) is 5.11 Å². The van der Waals surface area contributed by atoms with Gasteiger partial charge in [0.05, 0.1) is 6.42 Å². The molecule has 0 aliphatic rings. The van der Waals surface area contributed by atoms with E-state index in [9.17, 15) is 4.79 Å². The van der Waals surface area contributed by atoms with Gasteiger partial charge in [0.1, 0.15) is 0 Å². The number of carbonyl (C=O) groups is 1. The SMILES string of the molecule is C/C=C(\C)CC(=O)O. The van der Waals surface area contributed by atoms with Crippen molar-refractivity contribution in [3.63, 3.8) is 0 Å². The summed E-state index contributed by atoms with van der Waals surface area (Å²) in [5.74, 6) is -0.763. The molecule has 0 saturated carbocycles. The Balaban J connectivity index is 3.56. The van der Waals surface area contributed by atoms with Gasteiger partial charge in [0.2, 0.25) is 0 Å². The van der Waals surface area contributed by atoms with Crippen molar-refractivity contribution in [2.75, 3.05) is 0 Å². The molecule has 0 aromatic carbocycles. The van der Waals surface area contributed by atoms with Crippen molar-refractivity contribution >= 4 is 5.97 Å². The second-order valence-corrected chi connectivity index (χ2v) is 1.71. The molecule has 46 valence electrons. The van der Waals surface area contributed by atoms with Gasteiger partial charge in [0.15, 0.2) is 0 Å². The van der Waals surface area contributed by atoms with E-state index in [0.29, 0.717) is 0 Å². The number of allylic oxidation sites excluding steroid dienone is 1. The van der Waals surface area contributed by atoms with Crippen molar-refractivity contribution in [3.8, 4) is 0 Å². The summed E-state index contributed by atoms with van der Waals surface area (Å²) in [6.45, 7) is 3.63. The smallest absolute Gasteiger partial charge is 0.307 e. The molecule has 2 nitrogen and oxygen atoms in total. The van der Waals surface area contributed by atoms with Gasteiger partial charge in [0, 0.05) is 0 Å². The normalized spacial score (nSPS) is 11.5. The zero-order valence-corrected chi connectivity index (χ0v) is 5.14. The standard InChI is InChI=1S/C6H10O2/c1-3-5(2)4-6(7)8/h3H,4H2,1-2H3,(H,7,8)/b5-3+. The number of carboxylic acids is 1. The second kappa shape index (κ2) is 3.24. The average molecular weight is 114 g/mol. The third-order valence-corrected chi connectivity index (χ3v) is 0.923. The molecule has 0 unspecified atom stereocenters. The molecule has 0 aromatic heterocycles. The fourth-order valence-corrected chi connectivity index (χ4v) is 0.341. The first-order valence-corrected chi connectivity index (χ1v) is 2.50. The van der Waals surface area contributed by atoms with Crippen LogP contribution in [0.15, 0.2) is 11.6 Å². The van der Waals surface area contributed by atoms with Crippen molar-refractivity contribution in [2.24, 2.45) is 0 Å². The number of hydrogen-bond acceptors (Lipinski definition) is 1. The lowest BCUT2D eigenvalue weighted by Crippen LogP contribution is -1.93. The van der Waals surface area contributed by atoms with Crippen molar-refractivity contribution in [2.45, 2.75) is 20.3 Å². The lowest BCUT2D eigenvalue weighted by atomic mass is 10.2. The minimum atomic E-state index is -0.763. The molecular weight excluding hydrogens is 104 g/mol. The summed E-state index contributed by atoms with van der Waals surface area (Å²) in [4.78, 5) is 9.93. The first-order valence-electron chi connectivity index (χ1n) is 2.50. The minimum absolute atomic E-state index is 0.163. The zero-order valence-electron chi connectivity index (χ0n) is 5.14. The van der Waals surface area contributed by atoms with E-state index < -0.39 is 5.97 Å². The third kappa shape index (κ3) is 3.40. The third-order valence-electron chi connectivity index (χ3n) is 0.923. The Labute approximate surface area is 48.8 Å². The largest absolute Gasteiger partial charge is 0.481 e. The molecule has 0 radical (unpaired) electrons. The van der Waals surface area contributed by atoms with Gasteiger partial charge in [-0.1, -0.05) is 11.6 Å². The summed E-state index contributed by atoms with van der Waals surface area (Å²) in [6.07, 6.45) is 1.96. The molecule has 0 spiro atoms. The molecule has 1 N–H and O–H groups in total. The molecule has 0 heterocycles. The molecule has 8 heavy (non-hydrogen) atoms. The van der Waals surface area contributed by atoms with Gasteiger partial charge in [-0.15, -0.1) is 0 Å². The van der Waals surface area contributed by atoms with Gasteiger partial charge in [-0.25, -0.2) is 0 Å². The highest BCUT2D eigenvalue weighted by Crippen LogP contribution is 1.96. The van der Waals surface area contributed by atoms with E-state index in [2.05, 4.69) is 0 Å². The van der Waals surface area contributed by atoms with Crippen LogP contribution < -0.4 is 0 Å². The summed E-state index contributed by atoms with van der Waals surface area (Å²) in [5, 5.41) is 8.17. The topological polar surface area (TPSA) is 37.3 Å². The molecule has 2 heteroatoms. The number of hydrogen-bond donors (Lipinski definition) is 1. The van der Waals surface area contributed by atoms with Crippen LogP contribution in [0, 0.1) is 0 Å². The van der Waals surface area contributed by atoms with Crippen LogP contribution in [0.3, 0.4) is 0 Å². The minimum Gasteiger partial charge on any atom is -0.481 e. The Kier molecular flexibility index (Phi) is 2.92. The van der Waals surface area contributed by atoms with Crippen molar-refractivity contribution in [3.05, 3.63) is 11.6 Å². The van der Waals surface area contributed by atoms with Crippen molar-refractivity contribution < 1.29 is 9.90 Å². The van der Waals surface area contributed by atoms with Crippen LogP contribution in [0.25, 0.3) is 0 Å². The average Bonchev–Trinajstić information content (AvgIpc) is 1.65. The maximum absolute atomic E-state index is 9.93. The zero-order chi connectivity index (χ0) is 6.57. The van der Waals surface area contributed by atoms with Crippen LogP contribution >= 0.6 is 0 Å². The van der Waals surface area contributed by atoms with Crippen LogP contribution in [0.1, 0.15) is 20.3 Å². The van der Waals surface area contributed by atoms with Gasteiger partial charge >= 0.3 is 5.97 Å². The van der Waals surface area contributed by atoms with Gasteiger partial charge < -0.3 is 5.11 Å². The highest BCUT2D eigenvalue weighted by molar-refractivity contribution is 5.69. The molecule has 0 aromatic rings. The highest BCUT2D eigenvalue weighted by atomic mass is 16.4. The number of carboxylic acid groups (broad SMARTS) is 1. The van der Waals surface area contributed by atoms with Crippen LogP contribution in [0.5, 0.6) is 0 Å². The van der Waals surface area contributed by atoms with Gasteiger partial charge in [0.25, 0.3) is 0 Å². The summed E-state index contributed by atoms with van der Waals surface area (Å²) in [7, 11) is 0. The maximum Gasteiger partial charge on any atom is 0.307 e. The Morgan fingerprint density at radius 3 is 2.38 bits per heavy atom. The molecule has 0 atom stereocenters.